The number of allylic oxidation sites excluding steroid dienone is 14. The van der Waals surface area contributed by atoms with E-state index in [1.807, 2.05) is 0 Å². The molecular weight excluding hydrogens is 817 g/mol. The molecule has 0 N–H and O–H groups in total. The molecule has 6 heteroatoms. The predicted molar refractivity (Wildman–Crippen MR) is 284 cm³/mol. The maximum absolute atomic E-state index is 12.8. The summed E-state index contributed by atoms with van der Waals surface area (Å²) in [6, 6.07) is 0. The number of esters is 3. The standard InChI is InChI=1S/C60H102O6/c1-4-7-10-13-16-19-22-25-27-29-30-31-33-35-38-41-44-47-50-53-59(62)65-56-57(55-64-58(61)52-49-46-43-40-37-34-24-21-18-15-12-9-6-3)66-60(63)54-51-48-45-42-39-36-32-28-26-23-20-17-14-11-8-5-2/h9,12,15-16,18-19,21-22,24-25,28,32,36,39,57H,4-8,10-11,13-14,17,20,23,26-27,29-31,33-35,37-38,40-56H2,1-3H3/b12-9-,18-15-,19-16-,24-21-,25-22-,32-28-,39-36-. The molecule has 1 atom stereocenters. The molecule has 66 heavy (non-hydrogen) atoms. The van der Waals surface area contributed by atoms with Crippen molar-refractivity contribution in [1.82, 2.24) is 0 Å². The van der Waals surface area contributed by atoms with Gasteiger partial charge < -0.3 is 14.2 Å². The first-order chi connectivity index (χ1) is 32.5. The Morgan fingerprint density at radius 3 is 0.970 bits per heavy atom. The lowest BCUT2D eigenvalue weighted by molar-refractivity contribution is -0.167. The summed E-state index contributed by atoms with van der Waals surface area (Å²) in [5.74, 6) is -0.944. The Kier molecular flexibility index (Phi) is 51.4. The second kappa shape index (κ2) is 54.2. The Balaban J connectivity index is 4.43. The third-order valence-corrected chi connectivity index (χ3v) is 11.7. The van der Waals surface area contributed by atoms with E-state index in [9.17, 15) is 14.4 Å². The lowest BCUT2D eigenvalue weighted by Gasteiger charge is -2.18. The van der Waals surface area contributed by atoms with Crippen molar-refractivity contribution in [3.05, 3.63) is 85.1 Å². The first kappa shape index (κ1) is 62.6. The first-order valence-corrected chi connectivity index (χ1v) is 27.7. The molecule has 0 aliphatic rings. The molecule has 0 spiro atoms. The number of rotatable bonds is 49. The van der Waals surface area contributed by atoms with Crippen molar-refractivity contribution in [1.29, 1.82) is 0 Å². The number of carbonyl (C=O) groups is 3. The molecule has 0 radical (unpaired) electrons. The summed E-state index contributed by atoms with van der Waals surface area (Å²) in [6.45, 7) is 6.44. The minimum absolute atomic E-state index is 0.0960. The summed E-state index contributed by atoms with van der Waals surface area (Å²) in [4.78, 5) is 38.1. The molecule has 0 bridgehead atoms. The van der Waals surface area contributed by atoms with Crippen LogP contribution in [0.2, 0.25) is 0 Å². The normalized spacial score (nSPS) is 12.7. The zero-order chi connectivity index (χ0) is 47.9. The van der Waals surface area contributed by atoms with Gasteiger partial charge >= 0.3 is 17.9 Å². The second-order valence-electron chi connectivity index (χ2n) is 18.2. The number of ether oxygens (including phenoxy) is 3. The fourth-order valence-electron chi connectivity index (χ4n) is 7.54. The highest BCUT2D eigenvalue weighted by Crippen LogP contribution is 2.15. The van der Waals surface area contributed by atoms with E-state index in [2.05, 4.69) is 106 Å². The van der Waals surface area contributed by atoms with Crippen molar-refractivity contribution < 1.29 is 28.6 Å². The van der Waals surface area contributed by atoms with Gasteiger partial charge in [0.1, 0.15) is 13.2 Å². The fourth-order valence-corrected chi connectivity index (χ4v) is 7.54. The average molecular weight is 919 g/mol. The van der Waals surface area contributed by atoms with Crippen molar-refractivity contribution >= 4 is 17.9 Å². The van der Waals surface area contributed by atoms with Crippen LogP contribution in [0.3, 0.4) is 0 Å². The van der Waals surface area contributed by atoms with E-state index in [4.69, 9.17) is 14.2 Å². The molecule has 0 aromatic rings. The molecule has 0 aromatic heterocycles. The summed E-state index contributed by atoms with van der Waals surface area (Å²) < 4.78 is 16.8. The SMILES string of the molecule is CC\C=C/C=C\C=C/CCCCCCCC(=O)OCC(COC(=O)CCCCCCCCCCCC/C=C\C=C/CCCCC)OC(=O)CCCCC/C=C\C=C/CCCCCCCCC. The molecule has 6 nitrogen and oxygen atoms in total. The lowest BCUT2D eigenvalue weighted by atomic mass is 10.1. The second-order valence-corrected chi connectivity index (χ2v) is 18.2. The Hall–Kier alpha value is -3.41. The van der Waals surface area contributed by atoms with Gasteiger partial charge in [0.05, 0.1) is 0 Å². The molecule has 0 saturated carbocycles. The lowest BCUT2D eigenvalue weighted by Crippen LogP contribution is -2.30. The molecular formula is C60H102O6. The van der Waals surface area contributed by atoms with Crippen LogP contribution in [0, 0.1) is 0 Å². The Bertz CT molecular complexity index is 1290. The van der Waals surface area contributed by atoms with Crippen LogP contribution >= 0.6 is 0 Å². The Morgan fingerprint density at radius 1 is 0.318 bits per heavy atom. The molecule has 0 aliphatic carbocycles. The van der Waals surface area contributed by atoms with Crippen LogP contribution in [0.4, 0.5) is 0 Å². The average Bonchev–Trinajstić information content (AvgIpc) is 3.31. The van der Waals surface area contributed by atoms with Crippen molar-refractivity contribution in [2.75, 3.05) is 13.2 Å². The predicted octanol–water partition coefficient (Wildman–Crippen LogP) is 18.4. The smallest absolute Gasteiger partial charge is 0.306 e. The van der Waals surface area contributed by atoms with Gasteiger partial charge in [0, 0.05) is 19.3 Å². The molecule has 1 unspecified atom stereocenters. The van der Waals surface area contributed by atoms with E-state index >= 15 is 0 Å². The highest BCUT2D eigenvalue weighted by atomic mass is 16.6. The van der Waals surface area contributed by atoms with Crippen molar-refractivity contribution in [3.63, 3.8) is 0 Å². The van der Waals surface area contributed by atoms with E-state index in [0.29, 0.717) is 12.8 Å². The third kappa shape index (κ3) is 51.6. The van der Waals surface area contributed by atoms with Crippen LogP contribution in [0.25, 0.3) is 0 Å². The molecule has 0 fully saturated rings. The zero-order valence-electron chi connectivity index (χ0n) is 43.2. The Morgan fingerprint density at radius 2 is 0.591 bits per heavy atom. The zero-order valence-corrected chi connectivity index (χ0v) is 43.2. The summed E-state index contributed by atoms with van der Waals surface area (Å²) >= 11 is 0. The van der Waals surface area contributed by atoms with Gasteiger partial charge in [-0.3, -0.25) is 14.4 Å². The van der Waals surface area contributed by atoms with Gasteiger partial charge in [-0.25, -0.2) is 0 Å². The number of hydrogen-bond donors (Lipinski definition) is 0. The van der Waals surface area contributed by atoms with Crippen LogP contribution in [0.5, 0.6) is 0 Å². The molecule has 0 heterocycles. The van der Waals surface area contributed by atoms with Gasteiger partial charge in [0.25, 0.3) is 0 Å². The van der Waals surface area contributed by atoms with E-state index in [0.717, 1.165) is 96.3 Å². The van der Waals surface area contributed by atoms with E-state index in [1.54, 1.807) is 0 Å². The maximum Gasteiger partial charge on any atom is 0.306 e. The van der Waals surface area contributed by atoms with E-state index < -0.39 is 6.10 Å². The van der Waals surface area contributed by atoms with Gasteiger partial charge in [0.15, 0.2) is 6.10 Å². The summed E-state index contributed by atoms with van der Waals surface area (Å²) in [7, 11) is 0. The van der Waals surface area contributed by atoms with Crippen LogP contribution < -0.4 is 0 Å². The van der Waals surface area contributed by atoms with Crippen molar-refractivity contribution in [3.8, 4) is 0 Å². The van der Waals surface area contributed by atoms with E-state index in [1.165, 1.54) is 122 Å². The van der Waals surface area contributed by atoms with Crippen LogP contribution in [0.1, 0.15) is 258 Å². The molecule has 378 valence electrons. The molecule has 0 aromatic carbocycles. The van der Waals surface area contributed by atoms with Gasteiger partial charge in [-0.15, -0.1) is 0 Å². The largest absolute Gasteiger partial charge is 0.462 e. The monoisotopic (exact) mass is 919 g/mol. The van der Waals surface area contributed by atoms with Crippen LogP contribution in [-0.4, -0.2) is 37.2 Å². The van der Waals surface area contributed by atoms with Crippen molar-refractivity contribution in [2.45, 2.75) is 264 Å². The maximum atomic E-state index is 12.8. The Labute approximate surface area is 407 Å². The van der Waals surface area contributed by atoms with Crippen LogP contribution in [0.15, 0.2) is 85.1 Å². The summed E-state index contributed by atoms with van der Waals surface area (Å²) in [5, 5.41) is 0. The minimum atomic E-state index is -0.800. The topological polar surface area (TPSA) is 78.9 Å². The quantitative estimate of drug-likeness (QED) is 0.0262. The molecule has 0 saturated heterocycles. The van der Waals surface area contributed by atoms with Crippen molar-refractivity contribution in [2.24, 2.45) is 0 Å². The summed E-state index contributed by atoms with van der Waals surface area (Å²) in [6.07, 6.45) is 70.0. The number of carbonyl (C=O) groups excluding carboxylic acids is 3. The van der Waals surface area contributed by atoms with Gasteiger partial charge in [-0.05, 0) is 89.9 Å². The highest BCUT2D eigenvalue weighted by molar-refractivity contribution is 5.71. The minimum Gasteiger partial charge on any atom is -0.462 e. The fraction of sp³-hybridized carbons (Fsp3) is 0.717. The van der Waals surface area contributed by atoms with Crippen LogP contribution in [-0.2, 0) is 28.6 Å². The summed E-state index contributed by atoms with van der Waals surface area (Å²) in [5.41, 5.74) is 0. The molecule has 0 amide bonds. The highest BCUT2D eigenvalue weighted by Gasteiger charge is 2.19. The van der Waals surface area contributed by atoms with Gasteiger partial charge in [-0.1, -0.05) is 234 Å². The first-order valence-electron chi connectivity index (χ1n) is 27.7. The third-order valence-electron chi connectivity index (χ3n) is 11.7. The van der Waals surface area contributed by atoms with Gasteiger partial charge in [-0.2, -0.15) is 0 Å². The van der Waals surface area contributed by atoms with Gasteiger partial charge in [0.2, 0.25) is 0 Å². The number of unbranched alkanes of at least 4 members (excludes halogenated alkanes) is 28. The van der Waals surface area contributed by atoms with E-state index in [-0.39, 0.29) is 37.5 Å². The molecule has 0 aliphatic heterocycles. The number of hydrogen-bond acceptors (Lipinski definition) is 6. The molecule has 0 rings (SSSR count).